The molecule has 0 saturated heterocycles. The molecule has 5 nitrogen and oxygen atoms in total. The molecule has 92 valence electrons. The number of imidazole rings is 1. The van der Waals surface area contributed by atoms with E-state index >= 15 is 0 Å². The van der Waals surface area contributed by atoms with Gasteiger partial charge in [0.25, 0.3) is 0 Å². The molecule has 0 unspecified atom stereocenters. The van der Waals surface area contributed by atoms with Crippen LogP contribution in [0.25, 0.3) is 11.0 Å². The first-order valence-electron chi connectivity index (χ1n) is 5.38. The monoisotopic (exact) mass is 280 g/mol. The van der Waals surface area contributed by atoms with E-state index in [2.05, 4.69) is 15.1 Å². The minimum Gasteiger partial charge on any atom is -0.340 e. The van der Waals surface area contributed by atoms with E-state index in [0.29, 0.717) is 28.7 Å². The Labute approximate surface area is 112 Å². The number of para-hydroxylation sites is 1. The maximum absolute atomic E-state index is 6.11. The number of halogens is 1. The molecule has 0 saturated carbocycles. The topological polar surface area (TPSA) is 59.6 Å². The fourth-order valence-electron chi connectivity index (χ4n) is 1.88. The number of aromatic amines is 1. The number of nitrogens with one attached hydrogen (secondary N) is 1. The lowest BCUT2D eigenvalue weighted by atomic mass is 10.3. The molecule has 0 radical (unpaired) electrons. The van der Waals surface area contributed by atoms with E-state index < -0.39 is 0 Å². The lowest BCUT2D eigenvalue weighted by Crippen LogP contribution is -2.01. The van der Waals surface area contributed by atoms with Gasteiger partial charge in [-0.1, -0.05) is 22.8 Å². The van der Waals surface area contributed by atoms with Crippen LogP contribution in [0.2, 0.25) is 5.02 Å². The number of fused-ring (bicyclic) bond motifs is 1. The second-order valence-corrected chi connectivity index (χ2v) is 4.59. The molecule has 18 heavy (non-hydrogen) atoms. The summed E-state index contributed by atoms with van der Waals surface area (Å²) in [6.45, 7) is 0.668. The van der Waals surface area contributed by atoms with E-state index in [1.807, 2.05) is 22.8 Å². The first-order valence-corrected chi connectivity index (χ1v) is 6.17. The van der Waals surface area contributed by atoms with Crippen molar-refractivity contribution < 1.29 is 4.52 Å². The van der Waals surface area contributed by atoms with Crippen LogP contribution in [-0.2, 0) is 13.0 Å². The van der Waals surface area contributed by atoms with Gasteiger partial charge in [0.05, 0.1) is 16.1 Å². The van der Waals surface area contributed by atoms with Crippen LogP contribution in [0, 0.1) is 4.77 Å². The third-order valence-electron chi connectivity index (χ3n) is 2.72. The van der Waals surface area contributed by atoms with Crippen LogP contribution in [0.15, 0.2) is 29.0 Å². The van der Waals surface area contributed by atoms with E-state index in [-0.39, 0.29) is 0 Å². The SMILES string of the molecule is S=c1[nH]c2c(Cl)cccc2n1CCc1ncno1. The lowest BCUT2D eigenvalue weighted by molar-refractivity contribution is 0.371. The van der Waals surface area contributed by atoms with Crippen molar-refractivity contribution in [2.45, 2.75) is 13.0 Å². The van der Waals surface area contributed by atoms with Gasteiger partial charge in [0, 0.05) is 13.0 Å². The highest BCUT2D eigenvalue weighted by Gasteiger charge is 2.08. The van der Waals surface area contributed by atoms with Crippen LogP contribution in [0.1, 0.15) is 5.89 Å². The largest absolute Gasteiger partial charge is 0.340 e. The molecule has 0 aliphatic rings. The highest BCUT2D eigenvalue weighted by atomic mass is 35.5. The first kappa shape index (κ1) is 11.4. The number of H-pyrrole nitrogens is 1. The summed E-state index contributed by atoms with van der Waals surface area (Å²) in [6.07, 6.45) is 2.02. The van der Waals surface area contributed by atoms with Crippen molar-refractivity contribution in [3.8, 4) is 0 Å². The quantitative estimate of drug-likeness (QED) is 0.749. The Hall–Kier alpha value is -1.66. The van der Waals surface area contributed by atoms with Crippen molar-refractivity contribution in [2.24, 2.45) is 0 Å². The summed E-state index contributed by atoms with van der Waals surface area (Å²) in [4.78, 5) is 7.09. The molecule has 2 heterocycles. The van der Waals surface area contributed by atoms with Gasteiger partial charge in [0.2, 0.25) is 5.89 Å². The molecule has 2 aromatic heterocycles. The fraction of sp³-hybridized carbons (Fsp3) is 0.182. The summed E-state index contributed by atoms with van der Waals surface area (Å²) in [5.74, 6) is 0.591. The average Bonchev–Trinajstić information content (AvgIpc) is 2.95. The molecule has 3 aromatic rings. The van der Waals surface area contributed by atoms with Crippen LogP contribution in [0.3, 0.4) is 0 Å². The van der Waals surface area contributed by atoms with Crippen LogP contribution >= 0.6 is 23.8 Å². The van der Waals surface area contributed by atoms with Crippen molar-refractivity contribution in [2.75, 3.05) is 0 Å². The van der Waals surface area contributed by atoms with Crippen LogP contribution in [-0.4, -0.2) is 19.7 Å². The molecule has 3 rings (SSSR count). The van der Waals surface area contributed by atoms with Gasteiger partial charge >= 0.3 is 0 Å². The number of aryl methyl sites for hydroxylation is 2. The first-order chi connectivity index (χ1) is 8.75. The van der Waals surface area contributed by atoms with E-state index in [4.69, 9.17) is 28.3 Å². The molecule has 0 amide bonds. The number of hydrogen-bond acceptors (Lipinski definition) is 4. The Morgan fingerprint density at radius 2 is 2.33 bits per heavy atom. The second-order valence-electron chi connectivity index (χ2n) is 3.80. The zero-order chi connectivity index (χ0) is 12.5. The number of aromatic nitrogens is 4. The Bertz CT molecular complexity index is 731. The molecule has 0 aliphatic heterocycles. The fourth-order valence-corrected chi connectivity index (χ4v) is 2.39. The Morgan fingerprint density at radius 1 is 1.44 bits per heavy atom. The molecule has 0 aliphatic carbocycles. The van der Waals surface area contributed by atoms with Crippen molar-refractivity contribution >= 4 is 34.9 Å². The van der Waals surface area contributed by atoms with Gasteiger partial charge in [0.15, 0.2) is 11.1 Å². The third-order valence-corrected chi connectivity index (χ3v) is 3.35. The minimum absolute atomic E-state index is 0.591. The minimum atomic E-state index is 0.591. The predicted octanol–water partition coefficient (Wildman–Crippen LogP) is 2.98. The summed E-state index contributed by atoms with van der Waals surface area (Å²) < 4.78 is 7.57. The summed E-state index contributed by atoms with van der Waals surface area (Å²) in [5.41, 5.74) is 1.83. The highest BCUT2D eigenvalue weighted by molar-refractivity contribution is 7.71. The van der Waals surface area contributed by atoms with Gasteiger partial charge in [-0.3, -0.25) is 0 Å². The molecule has 0 fully saturated rings. The number of benzene rings is 1. The Kier molecular flexibility index (Phi) is 2.89. The maximum atomic E-state index is 6.11. The normalized spacial score (nSPS) is 11.2. The van der Waals surface area contributed by atoms with E-state index in [1.165, 1.54) is 6.33 Å². The number of nitrogens with zero attached hydrogens (tertiary/aromatic N) is 3. The standard InChI is InChI=1S/C11H9ClN4OS/c12-7-2-1-3-8-10(7)15-11(18)16(8)5-4-9-13-6-14-17-9/h1-3,6H,4-5H2,(H,15,18). The van der Waals surface area contributed by atoms with Gasteiger partial charge in [0.1, 0.15) is 0 Å². The number of hydrogen-bond donors (Lipinski definition) is 1. The zero-order valence-electron chi connectivity index (χ0n) is 9.26. The molecular weight excluding hydrogens is 272 g/mol. The lowest BCUT2D eigenvalue weighted by Gasteiger charge is -2.01. The van der Waals surface area contributed by atoms with Gasteiger partial charge in [-0.2, -0.15) is 4.98 Å². The van der Waals surface area contributed by atoms with Crippen LogP contribution in [0.4, 0.5) is 0 Å². The summed E-state index contributed by atoms with van der Waals surface area (Å²) in [6, 6.07) is 5.70. The molecule has 0 atom stereocenters. The zero-order valence-corrected chi connectivity index (χ0v) is 10.8. The molecule has 0 spiro atoms. The number of rotatable bonds is 3. The van der Waals surface area contributed by atoms with Crippen molar-refractivity contribution in [1.29, 1.82) is 0 Å². The summed E-state index contributed by atoms with van der Waals surface area (Å²) in [5, 5.41) is 4.23. The molecular formula is C11H9ClN4OS. The molecule has 0 bridgehead atoms. The average molecular weight is 281 g/mol. The van der Waals surface area contributed by atoms with Gasteiger partial charge < -0.3 is 14.1 Å². The maximum Gasteiger partial charge on any atom is 0.228 e. The van der Waals surface area contributed by atoms with Gasteiger partial charge in [-0.05, 0) is 24.4 Å². The van der Waals surface area contributed by atoms with Crippen molar-refractivity contribution in [3.63, 3.8) is 0 Å². The predicted molar refractivity (Wildman–Crippen MR) is 70.1 cm³/mol. The summed E-state index contributed by atoms with van der Waals surface area (Å²) in [7, 11) is 0. The van der Waals surface area contributed by atoms with Gasteiger partial charge in [-0.15, -0.1) is 0 Å². The second kappa shape index (κ2) is 4.55. The van der Waals surface area contributed by atoms with Gasteiger partial charge in [-0.25, -0.2) is 0 Å². The Morgan fingerprint density at radius 3 is 3.11 bits per heavy atom. The van der Waals surface area contributed by atoms with E-state index in [9.17, 15) is 0 Å². The summed E-state index contributed by atoms with van der Waals surface area (Å²) >= 11 is 11.4. The smallest absolute Gasteiger partial charge is 0.228 e. The Balaban J connectivity index is 1.99. The van der Waals surface area contributed by atoms with E-state index in [1.54, 1.807) is 0 Å². The van der Waals surface area contributed by atoms with Crippen molar-refractivity contribution in [1.82, 2.24) is 19.7 Å². The van der Waals surface area contributed by atoms with Crippen molar-refractivity contribution in [3.05, 3.63) is 40.2 Å². The van der Waals surface area contributed by atoms with Crippen LogP contribution in [0.5, 0.6) is 0 Å². The molecule has 1 aromatic carbocycles. The molecule has 1 N–H and O–H groups in total. The third kappa shape index (κ3) is 1.93. The van der Waals surface area contributed by atoms with E-state index in [0.717, 1.165) is 11.0 Å². The van der Waals surface area contributed by atoms with Crippen LogP contribution < -0.4 is 0 Å². The molecule has 7 heteroatoms. The highest BCUT2D eigenvalue weighted by Crippen LogP contribution is 2.22.